The van der Waals surface area contributed by atoms with Crippen LogP contribution < -0.4 is 0 Å². The van der Waals surface area contributed by atoms with E-state index in [1.807, 2.05) is 6.26 Å². The molecular formula is C6H13NO2S. The molecule has 0 bridgehead atoms. The van der Waals surface area contributed by atoms with Crippen molar-refractivity contribution in [1.29, 1.82) is 0 Å². The lowest BCUT2D eigenvalue weighted by Crippen LogP contribution is -2.44. The molecular weight excluding hydrogens is 150 g/mol. The Morgan fingerprint density at radius 1 is 1.50 bits per heavy atom. The summed E-state index contributed by atoms with van der Waals surface area (Å²) in [6.45, 7) is 0.874. The van der Waals surface area contributed by atoms with Crippen molar-refractivity contribution in [3.05, 3.63) is 0 Å². The van der Waals surface area contributed by atoms with Gasteiger partial charge in [-0.15, -0.1) is 0 Å². The van der Waals surface area contributed by atoms with Crippen LogP contribution in [0.5, 0.6) is 0 Å². The van der Waals surface area contributed by atoms with E-state index in [-0.39, 0.29) is 0 Å². The third-order valence-electron chi connectivity index (χ3n) is 1.75. The molecule has 1 aliphatic rings. The molecule has 1 heterocycles. The second-order valence-electron chi connectivity index (χ2n) is 2.45. The van der Waals surface area contributed by atoms with E-state index in [1.165, 1.54) is 11.9 Å². The van der Waals surface area contributed by atoms with E-state index in [2.05, 4.69) is 0 Å². The number of hydrogen-bond donors (Lipinski definition) is 2. The Morgan fingerprint density at radius 2 is 2.20 bits per heavy atom. The van der Waals surface area contributed by atoms with Crippen molar-refractivity contribution in [3.8, 4) is 0 Å². The predicted octanol–water partition coefficient (Wildman–Crippen LogP) is 0.0395. The first-order chi connectivity index (χ1) is 4.75. The molecule has 4 heteroatoms. The van der Waals surface area contributed by atoms with Crippen LogP contribution >= 0.6 is 11.9 Å². The van der Waals surface area contributed by atoms with Gasteiger partial charge in [-0.25, -0.2) is 4.31 Å². The van der Waals surface area contributed by atoms with Gasteiger partial charge in [0, 0.05) is 6.54 Å². The van der Waals surface area contributed by atoms with E-state index < -0.39 is 12.3 Å². The van der Waals surface area contributed by atoms with Crippen LogP contribution in [0.15, 0.2) is 0 Å². The lowest BCUT2D eigenvalue weighted by Gasteiger charge is -2.33. The van der Waals surface area contributed by atoms with Crippen molar-refractivity contribution in [1.82, 2.24) is 4.31 Å². The minimum Gasteiger partial charge on any atom is -0.389 e. The van der Waals surface area contributed by atoms with Gasteiger partial charge < -0.3 is 10.2 Å². The van der Waals surface area contributed by atoms with Crippen LogP contribution in [0.3, 0.4) is 0 Å². The van der Waals surface area contributed by atoms with Gasteiger partial charge in [0.2, 0.25) is 0 Å². The molecule has 0 radical (unpaired) electrons. The van der Waals surface area contributed by atoms with Crippen LogP contribution in [0, 0.1) is 0 Å². The van der Waals surface area contributed by atoms with Crippen LogP contribution in [0.1, 0.15) is 12.8 Å². The van der Waals surface area contributed by atoms with E-state index in [0.29, 0.717) is 0 Å². The van der Waals surface area contributed by atoms with Crippen molar-refractivity contribution in [3.63, 3.8) is 0 Å². The molecule has 10 heavy (non-hydrogen) atoms. The average Bonchev–Trinajstić information content (AvgIpc) is 1.95. The first-order valence-corrected chi connectivity index (χ1v) is 4.60. The number of rotatable bonds is 1. The summed E-state index contributed by atoms with van der Waals surface area (Å²) in [5.41, 5.74) is 0. The normalized spacial score (nSPS) is 36.3. The molecule has 3 nitrogen and oxygen atoms in total. The summed E-state index contributed by atoms with van der Waals surface area (Å²) >= 11 is 1.48. The summed E-state index contributed by atoms with van der Waals surface area (Å²) in [4.78, 5) is 0. The quantitative estimate of drug-likeness (QED) is 0.536. The van der Waals surface area contributed by atoms with E-state index >= 15 is 0 Å². The molecule has 1 aliphatic heterocycles. The summed E-state index contributed by atoms with van der Waals surface area (Å²) in [7, 11) is 0. The van der Waals surface area contributed by atoms with E-state index in [9.17, 15) is 10.2 Å². The number of piperidine rings is 1. The highest BCUT2D eigenvalue weighted by atomic mass is 32.2. The zero-order valence-electron chi connectivity index (χ0n) is 6.03. The molecule has 60 valence electrons. The third kappa shape index (κ3) is 1.63. The fourth-order valence-corrected chi connectivity index (χ4v) is 1.80. The fourth-order valence-electron chi connectivity index (χ4n) is 1.13. The summed E-state index contributed by atoms with van der Waals surface area (Å²) in [6, 6.07) is 0. The van der Waals surface area contributed by atoms with Crippen molar-refractivity contribution >= 4 is 11.9 Å². The van der Waals surface area contributed by atoms with Gasteiger partial charge in [0.25, 0.3) is 0 Å². The van der Waals surface area contributed by atoms with Crippen LogP contribution in [-0.4, -0.2) is 39.7 Å². The molecule has 0 aromatic carbocycles. The average molecular weight is 163 g/mol. The SMILES string of the molecule is CSN1CCCC(O)C1O. The van der Waals surface area contributed by atoms with Gasteiger partial charge >= 0.3 is 0 Å². The Bertz CT molecular complexity index is 112. The second-order valence-corrected chi connectivity index (χ2v) is 3.28. The maximum Gasteiger partial charge on any atom is 0.142 e. The molecule has 1 fully saturated rings. The maximum absolute atomic E-state index is 9.29. The molecule has 0 saturated carbocycles. The highest BCUT2D eigenvalue weighted by molar-refractivity contribution is 7.96. The van der Waals surface area contributed by atoms with Crippen LogP contribution in [0.4, 0.5) is 0 Å². The predicted molar refractivity (Wildman–Crippen MR) is 41.5 cm³/mol. The lowest BCUT2D eigenvalue weighted by molar-refractivity contribution is -0.0657. The molecule has 1 saturated heterocycles. The Labute approximate surface area is 65.2 Å². The van der Waals surface area contributed by atoms with Crippen molar-refractivity contribution < 1.29 is 10.2 Å². The van der Waals surface area contributed by atoms with Gasteiger partial charge in [0.1, 0.15) is 6.23 Å². The molecule has 1 rings (SSSR count). The lowest BCUT2D eigenvalue weighted by atomic mass is 10.1. The van der Waals surface area contributed by atoms with Crippen LogP contribution in [0.25, 0.3) is 0 Å². The van der Waals surface area contributed by atoms with E-state index in [1.54, 1.807) is 4.31 Å². The Kier molecular flexibility index (Phi) is 2.97. The smallest absolute Gasteiger partial charge is 0.142 e. The molecule has 0 aromatic rings. The summed E-state index contributed by atoms with van der Waals surface area (Å²) in [5, 5.41) is 18.5. The van der Waals surface area contributed by atoms with Crippen molar-refractivity contribution in [2.45, 2.75) is 25.2 Å². The molecule has 0 aliphatic carbocycles. The van der Waals surface area contributed by atoms with Crippen molar-refractivity contribution in [2.24, 2.45) is 0 Å². The zero-order chi connectivity index (χ0) is 7.56. The Hall–Kier alpha value is 0.230. The largest absolute Gasteiger partial charge is 0.389 e. The minimum atomic E-state index is -0.663. The highest BCUT2D eigenvalue weighted by Crippen LogP contribution is 2.20. The Balaban J connectivity index is 2.42. The molecule has 2 unspecified atom stereocenters. The summed E-state index contributed by atoms with van der Waals surface area (Å²) in [5.74, 6) is 0. The van der Waals surface area contributed by atoms with Gasteiger partial charge in [0.15, 0.2) is 0 Å². The third-order valence-corrected chi connectivity index (χ3v) is 2.62. The number of nitrogens with zero attached hydrogens (tertiary/aromatic N) is 1. The first-order valence-electron chi connectivity index (χ1n) is 3.42. The Morgan fingerprint density at radius 3 is 2.70 bits per heavy atom. The first kappa shape index (κ1) is 8.33. The fraction of sp³-hybridized carbons (Fsp3) is 1.00. The molecule has 2 N–H and O–H groups in total. The van der Waals surface area contributed by atoms with Crippen LogP contribution in [0.2, 0.25) is 0 Å². The standard InChI is InChI=1S/C6H13NO2S/c1-10-7-4-2-3-5(8)6(7)9/h5-6,8-9H,2-4H2,1H3. The molecule has 0 spiro atoms. The van der Waals surface area contributed by atoms with Gasteiger partial charge in [-0.1, -0.05) is 11.9 Å². The van der Waals surface area contributed by atoms with E-state index in [4.69, 9.17) is 0 Å². The highest BCUT2D eigenvalue weighted by Gasteiger charge is 2.27. The number of aliphatic hydroxyl groups is 2. The summed E-state index contributed by atoms with van der Waals surface area (Å²) < 4.78 is 1.80. The minimum absolute atomic E-state index is 0.554. The monoisotopic (exact) mass is 163 g/mol. The zero-order valence-corrected chi connectivity index (χ0v) is 6.84. The van der Waals surface area contributed by atoms with Crippen molar-refractivity contribution in [2.75, 3.05) is 12.8 Å². The van der Waals surface area contributed by atoms with Gasteiger partial charge in [-0.05, 0) is 19.1 Å². The van der Waals surface area contributed by atoms with Gasteiger partial charge in [0.05, 0.1) is 6.10 Å². The number of aliphatic hydroxyl groups excluding tert-OH is 2. The maximum atomic E-state index is 9.29. The second kappa shape index (κ2) is 3.57. The molecule has 0 amide bonds. The van der Waals surface area contributed by atoms with E-state index in [0.717, 1.165) is 19.4 Å². The van der Waals surface area contributed by atoms with Crippen LogP contribution in [-0.2, 0) is 0 Å². The van der Waals surface area contributed by atoms with Gasteiger partial charge in [-0.2, -0.15) is 0 Å². The molecule has 2 atom stereocenters. The van der Waals surface area contributed by atoms with Gasteiger partial charge in [-0.3, -0.25) is 0 Å². The summed E-state index contributed by atoms with van der Waals surface area (Å²) in [6.07, 6.45) is 2.38. The number of hydrogen-bond acceptors (Lipinski definition) is 4. The topological polar surface area (TPSA) is 43.7 Å². The molecule has 0 aromatic heterocycles.